The zero-order valence-electron chi connectivity index (χ0n) is 31.1. The van der Waals surface area contributed by atoms with Gasteiger partial charge in [-0.25, -0.2) is 14.8 Å². The highest BCUT2D eigenvalue weighted by Gasteiger charge is 2.37. The van der Waals surface area contributed by atoms with Crippen LogP contribution in [0.5, 0.6) is 0 Å². The molecule has 6 aromatic rings. The standard InChI is InChI=1S/C44H46N8O3/c1-27(2)40(50-44(54)55)43(53)52-21-7-11-39(52)42-47-25-37(49-42)34-19-18-32-22-31(16-17-33(32)23-34)28-12-14-30(15-13-28)36-24-46-41(48-36)38-10-6-20-51(38)26-35(45)29-8-4-3-5-9-29/h3-5,8-9,12-19,22-27,38-40,50H,6-7,10-11,20-21,45H2,1-2H3,(H,46,48)(H,47,49)(H,54,55). The number of aromatic amines is 2. The number of nitrogens with two attached hydrogens (primary N) is 1. The average Bonchev–Trinajstić information content (AvgIpc) is 4.04. The number of rotatable bonds is 10. The van der Waals surface area contributed by atoms with Crippen LogP contribution in [0, 0.1) is 5.92 Å². The molecule has 55 heavy (non-hydrogen) atoms. The van der Waals surface area contributed by atoms with Crippen molar-refractivity contribution < 1.29 is 14.7 Å². The van der Waals surface area contributed by atoms with Crippen LogP contribution in [0.15, 0.2) is 110 Å². The summed E-state index contributed by atoms with van der Waals surface area (Å²) in [4.78, 5) is 45.4. The predicted octanol–water partition coefficient (Wildman–Crippen LogP) is 8.34. The molecule has 0 aliphatic carbocycles. The second kappa shape index (κ2) is 15.2. The first-order chi connectivity index (χ1) is 26.7. The van der Waals surface area contributed by atoms with Gasteiger partial charge in [0.1, 0.15) is 17.7 Å². The minimum Gasteiger partial charge on any atom is -0.465 e. The molecule has 2 aliphatic heterocycles. The summed E-state index contributed by atoms with van der Waals surface area (Å²) in [6, 6.07) is 30.6. The molecular formula is C44H46N8O3. The van der Waals surface area contributed by atoms with E-state index in [-0.39, 0.29) is 23.9 Å². The van der Waals surface area contributed by atoms with Gasteiger partial charge in [0.2, 0.25) is 5.91 Å². The number of carbonyl (C=O) groups is 2. The molecule has 4 aromatic carbocycles. The van der Waals surface area contributed by atoms with E-state index in [1.54, 1.807) is 4.90 Å². The van der Waals surface area contributed by atoms with E-state index < -0.39 is 12.1 Å². The third-order valence-electron chi connectivity index (χ3n) is 11.0. The number of hydrogen-bond donors (Lipinski definition) is 5. The second-order valence-corrected chi connectivity index (χ2v) is 14.9. The van der Waals surface area contributed by atoms with Crippen molar-refractivity contribution in [3.8, 4) is 33.6 Å². The third-order valence-corrected chi connectivity index (χ3v) is 11.0. The number of aromatic nitrogens is 4. The largest absolute Gasteiger partial charge is 0.465 e. The Bertz CT molecular complexity index is 2350. The van der Waals surface area contributed by atoms with Crippen molar-refractivity contribution in [3.63, 3.8) is 0 Å². The molecule has 11 nitrogen and oxygen atoms in total. The number of fused-ring (bicyclic) bond motifs is 1. The smallest absolute Gasteiger partial charge is 0.405 e. The van der Waals surface area contributed by atoms with Gasteiger partial charge >= 0.3 is 6.09 Å². The Kier molecular flexibility index (Phi) is 9.84. The zero-order chi connectivity index (χ0) is 38.1. The van der Waals surface area contributed by atoms with Crippen LogP contribution in [0.25, 0.3) is 50.1 Å². The lowest BCUT2D eigenvalue weighted by molar-refractivity contribution is -0.135. The molecule has 6 N–H and O–H groups in total. The van der Waals surface area contributed by atoms with Crippen LogP contribution in [-0.4, -0.2) is 66.0 Å². The molecule has 2 fully saturated rings. The lowest BCUT2D eigenvalue weighted by Gasteiger charge is -2.29. The maximum Gasteiger partial charge on any atom is 0.405 e. The molecule has 280 valence electrons. The number of carbonyl (C=O) groups excluding carboxylic acids is 1. The number of benzene rings is 4. The molecule has 3 unspecified atom stereocenters. The Morgan fingerprint density at radius 3 is 2.05 bits per heavy atom. The van der Waals surface area contributed by atoms with E-state index in [9.17, 15) is 14.7 Å². The number of imidazole rings is 2. The number of H-pyrrole nitrogens is 2. The summed E-state index contributed by atoms with van der Waals surface area (Å²) in [6.45, 7) is 5.20. The van der Waals surface area contributed by atoms with Crippen LogP contribution in [0.1, 0.15) is 68.8 Å². The monoisotopic (exact) mass is 734 g/mol. The number of amides is 2. The van der Waals surface area contributed by atoms with Crippen molar-refractivity contribution in [3.05, 3.63) is 127 Å². The second-order valence-electron chi connectivity index (χ2n) is 14.9. The van der Waals surface area contributed by atoms with E-state index >= 15 is 0 Å². The predicted molar refractivity (Wildman–Crippen MR) is 215 cm³/mol. The molecule has 0 spiro atoms. The number of carboxylic acid groups (broad SMARTS) is 1. The highest BCUT2D eigenvalue weighted by molar-refractivity contribution is 5.91. The summed E-state index contributed by atoms with van der Waals surface area (Å²) in [5.74, 6) is 1.28. The van der Waals surface area contributed by atoms with Crippen LogP contribution >= 0.6 is 0 Å². The van der Waals surface area contributed by atoms with Gasteiger partial charge < -0.3 is 35.9 Å². The number of hydrogen-bond acceptors (Lipinski definition) is 6. The molecule has 8 rings (SSSR count). The molecule has 4 heterocycles. The summed E-state index contributed by atoms with van der Waals surface area (Å²) in [7, 11) is 0. The zero-order valence-corrected chi connectivity index (χ0v) is 31.1. The van der Waals surface area contributed by atoms with Crippen molar-refractivity contribution in [2.45, 2.75) is 57.7 Å². The van der Waals surface area contributed by atoms with Crippen molar-refractivity contribution in [1.82, 2.24) is 35.1 Å². The third kappa shape index (κ3) is 7.42. The summed E-state index contributed by atoms with van der Waals surface area (Å²) < 4.78 is 0. The number of nitrogens with one attached hydrogen (secondary N) is 3. The Morgan fingerprint density at radius 2 is 1.36 bits per heavy atom. The first-order valence-corrected chi connectivity index (χ1v) is 19.0. The van der Waals surface area contributed by atoms with Gasteiger partial charge in [-0.05, 0) is 76.8 Å². The van der Waals surface area contributed by atoms with Crippen LogP contribution in [0.3, 0.4) is 0 Å². The van der Waals surface area contributed by atoms with E-state index in [0.29, 0.717) is 12.4 Å². The van der Waals surface area contributed by atoms with E-state index in [1.807, 2.05) is 56.6 Å². The fourth-order valence-electron chi connectivity index (χ4n) is 8.00. The van der Waals surface area contributed by atoms with Crippen LogP contribution < -0.4 is 11.1 Å². The van der Waals surface area contributed by atoms with Crippen molar-refractivity contribution >= 4 is 28.5 Å². The van der Waals surface area contributed by atoms with Gasteiger partial charge in [-0.1, -0.05) is 92.7 Å². The summed E-state index contributed by atoms with van der Waals surface area (Å²) in [5.41, 5.74) is 14.4. The van der Waals surface area contributed by atoms with E-state index in [2.05, 4.69) is 92.0 Å². The van der Waals surface area contributed by atoms with Gasteiger partial charge in [0.05, 0.1) is 41.6 Å². The van der Waals surface area contributed by atoms with Gasteiger partial charge in [-0.2, -0.15) is 0 Å². The topological polar surface area (TPSA) is 156 Å². The molecule has 2 saturated heterocycles. The molecule has 0 bridgehead atoms. The molecule has 2 amide bonds. The SMILES string of the molecule is CC(C)C(NC(=O)O)C(=O)N1CCCC1c1ncc(-c2ccc3cc(-c4ccc(-c5cnc(C6CCCN6C=C(N)c6ccccc6)[nH]5)cc4)ccc3c2)[nH]1. The molecule has 2 aliphatic rings. The summed E-state index contributed by atoms with van der Waals surface area (Å²) >= 11 is 0. The van der Waals surface area contributed by atoms with Crippen LogP contribution in [-0.2, 0) is 4.79 Å². The molecule has 3 atom stereocenters. The molecular weight excluding hydrogens is 689 g/mol. The highest BCUT2D eigenvalue weighted by atomic mass is 16.4. The number of nitrogens with zero attached hydrogens (tertiary/aromatic N) is 4. The summed E-state index contributed by atoms with van der Waals surface area (Å²) in [6.07, 6.45) is 8.31. The fourth-order valence-corrected chi connectivity index (χ4v) is 8.00. The Labute approximate surface area is 320 Å². The fraction of sp³-hybridized carbons (Fsp3) is 0.273. The van der Waals surface area contributed by atoms with Gasteiger partial charge in [0, 0.05) is 24.9 Å². The number of likely N-dealkylation sites (tertiary alicyclic amines) is 2. The van der Waals surface area contributed by atoms with Crippen LogP contribution in [0.2, 0.25) is 0 Å². The molecule has 0 radical (unpaired) electrons. The highest BCUT2D eigenvalue weighted by Crippen LogP contribution is 2.35. The van der Waals surface area contributed by atoms with Crippen molar-refractivity contribution in [2.24, 2.45) is 11.7 Å². The van der Waals surface area contributed by atoms with Gasteiger partial charge in [-0.15, -0.1) is 0 Å². The van der Waals surface area contributed by atoms with Gasteiger partial charge in [0.15, 0.2) is 0 Å². The summed E-state index contributed by atoms with van der Waals surface area (Å²) in [5, 5.41) is 13.9. The molecule has 11 heteroatoms. The maximum absolute atomic E-state index is 13.4. The quantitative estimate of drug-likeness (QED) is 0.0947. The Hall–Kier alpha value is -6.36. The molecule has 0 saturated carbocycles. The minimum absolute atomic E-state index is 0.157. The Balaban J connectivity index is 0.948. The van der Waals surface area contributed by atoms with E-state index in [0.717, 1.165) is 93.7 Å². The minimum atomic E-state index is -1.20. The molecule has 2 aromatic heterocycles. The van der Waals surface area contributed by atoms with Crippen molar-refractivity contribution in [2.75, 3.05) is 13.1 Å². The van der Waals surface area contributed by atoms with Gasteiger partial charge in [0.25, 0.3) is 0 Å². The van der Waals surface area contributed by atoms with Crippen LogP contribution in [0.4, 0.5) is 4.79 Å². The lowest BCUT2D eigenvalue weighted by atomic mass is 9.98. The first kappa shape index (κ1) is 35.7. The average molecular weight is 735 g/mol. The normalized spacial score (nSPS) is 18.0. The van der Waals surface area contributed by atoms with Gasteiger partial charge in [-0.3, -0.25) is 4.79 Å². The van der Waals surface area contributed by atoms with Crippen molar-refractivity contribution in [1.29, 1.82) is 0 Å². The van der Waals surface area contributed by atoms with E-state index in [1.165, 1.54) is 0 Å². The Morgan fingerprint density at radius 1 is 0.782 bits per heavy atom. The maximum atomic E-state index is 13.4. The van der Waals surface area contributed by atoms with E-state index in [4.69, 9.17) is 10.7 Å². The first-order valence-electron chi connectivity index (χ1n) is 19.0. The lowest BCUT2D eigenvalue weighted by Crippen LogP contribution is -2.50.